The van der Waals surface area contributed by atoms with Crippen molar-refractivity contribution in [2.24, 2.45) is 5.73 Å². The van der Waals surface area contributed by atoms with Gasteiger partial charge in [0, 0.05) is 25.2 Å². The second kappa shape index (κ2) is 2.79. The van der Waals surface area contributed by atoms with Crippen LogP contribution < -0.4 is 11.1 Å². The summed E-state index contributed by atoms with van der Waals surface area (Å²) in [7, 11) is 0. The molecule has 0 aromatic carbocycles. The van der Waals surface area contributed by atoms with Crippen LogP contribution in [0.1, 0.15) is 17.7 Å². The third kappa shape index (κ3) is 0.992. The highest BCUT2D eigenvalue weighted by Gasteiger charge is 2.15. The molecule has 0 amide bonds. The standard InChI is InChI=1S/C8H14N4/c1-6-7(5-9)8-10-3-2-4-12(8)11-6/h10H,2-5,9H2,1H3. The van der Waals surface area contributed by atoms with Gasteiger partial charge < -0.3 is 11.1 Å². The molecule has 0 unspecified atom stereocenters. The van der Waals surface area contributed by atoms with E-state index in [1.165, 1.54) is 0 Å². The predicted octanol–water partition coefficient (Wildman–Crippen LogP) is 0.466. The maximum Gasteiger partial charge on any atom is 0.129 e. The average molecular weight is 166 g/mol. The van der Waals surface area contributed by atoms with E-state index >= 15 is 0 Å². The van der Waals surface area contributed by atoms with E-state index in [-0.39, 0.29) is 0 Å². The van der Waals surface area contributed by atoms with Gasteiger partial charge in [0.1, 0.15) is 5.82 Å². The van der Waals surface area contributed by atoms with Gasteiger partial charge in [0.25, 0.3) is 0 Å². The van der Waals surface area contributed by atoms with Crippen LogP contribution in [0.3, 0.4) is 0 Å². The SMILES string of the molecule is Cc1nn2c(c1CN)NCCC2. The fourth-order valence-electron chi connectivity index (χ4n) is 1.66. The number of aromatic nitrogens is 2. The Morgan fingerprint density at radius 2 is 2.50 bits per heavy atom. The van der Waals surface area contributed by atoms with Gasteiger partial charge in [-0.3, -0.25) is 0 Å². The van der Waals surface area contributed by atoms with Gasteiger partial charge in [-0.25, -0.2) is 4.68 Å². The molecule has 0 saturated heterocycles. The lowest BCUT2D eigenvalue weighted by molar-refractivity contribution is 0.564. The van der Waals surface area contributed by atoms with E-state index < -0.39 is 0 Å². The first-order valence-electron chi connectivity index (χ1n) is 4.33. The number of fused-ring (bicyclic) bond motifs is 1. The molecule has 12 heavy (non-hydrogen) atoms. The van der Waals surface area contributed by atoms with E-state index in [4.69, 9.17) is 5.73 Å². The van der Waals surface area contributed by atoms with E-state index in [1.54, 1.807) is 0 Å². The largest absolute Gasteiger partial charge is 0.370 e. The second-order valence-electron chi connectivity index (χ2n) is 3.12. The minimum atomic E-state index is 0.578. The van der Waals surface area contributed by atoms with Crippen LogP contribution >= 0.6 is 0 Å². The van der Waals surface area contributed by atoms with E-state index in [9.17, 15) is 0 Å². The van der Waals surface area contributed by atoms with Crippen molar-refractivity contribution < 1.29 is 0 Å². The van der Waals surface area contributed by atoms with Crippen molar-refractivity contribution in [1.29, 1.82) is 0 Å². The zero-order valence-electron chi connectivity index (χ0n) is 7.30. The lowest BCUT2D eigenvalue weighted by atomic mass is 10.2. The summed E-state index contributed by atoms with van der Waals surface area (Å²) < 4.78 is 2.01. The third-order valence-corrected chi connectivity index (χ3v) is 2.29. The molecule has 4 nitrogen and oxygen atoms in total. The lowest BCUT2D eigenvalue weighted by Gasteiger charge is -2.16. The first-order chi connectivity index (χ1) is 5.83. The van der Waals surface area contributed by atoms with Crippen LogP contribution in [0.25, 0.3) is 0 Å². The van der Waals surface area contributed by atoms with Gasteiger partial charge in [-0.15, -0.1) is 0 Å². The molecule has 1 aromatic heterocycles. The molecule has 4 heteroatoms. The molecule has 0 atom stereocenters. The highest BCUT2D eigenvalue weighted by atomic mass is 15.3. The topological polar surface area (TPSA) is 55.9 Å². The Labute approximate surface area is 71.7 Å². The maximum atomic E-state index is 5.63. The van der Waals surface area contributed by atoms with Gasteiger partial charge in [0.2, 0.25) is 0 Å². The number of rotatable bonds is 1. The molecular weight excluding hydrogens is 152 g/mol. The second-order valence-corrected chi connectivity index (χ2v) is 3.12. The Hall–Kier alpha value is -1.03. The predicted molar refractivity (Wildman–Crippen MR) is 48.0 cm³/mol. The Morgan fingerprint density at radius 1 is 1.67 bits per heavy atom. The fourth-order valence-corrected chi connectivity index (χ4v) is 1.66. The first kappa shape index (κ1) is 7.61. The van der Waals surface area contributed by atoms with Gasteiger partial charge in [0.05, 0.1) is 5.69 Å². The van der Waals surface area contributed by atoms with Crippen LogP contribution in [0.2, 0.25) is 0 Å². The highest BCUT2D eigenvalue weighted by molar-refractivity contribution is 5.48. The molecule has 0 fully saturated rings. The van der Waals surface area contributed by atoms with E-state index in [0.29, 0.717) is 6.54 Å². The summed E-state index contributed by atoms with van der Waals surface area (Å²) in [5.74, 6) is 1.13. The fraction of sp³-hybridized carbons (Fsp3) is 0.625. The number of nitrogens with one attached hydrogen (secondary N) is 1. The minimum Gasteiger partial charge on any atom is -0.370 e. The van der Waals surface area contributed by atoms with Crippen molar-refractivity contribution in [2.45, 2.75) is 26.4 Å². The molecule has 1 aliphatic heterocycles. The van der Waals surface area contributed by atoms with E-state index in [2.05, 4.69) is 10.4 Å². The maximum absolute atomic E-state index is 5.63. The normalized spacial score (nSPS) is 15.5. The summed E-state index contributed by atoms with van der Waals surface area (Å²) in [6, 6.07) is 0. The summed E-state index contributed by atoms with van der Waals surface area (Å²) >= 11 is 0. The summed E-state index contributed by atoms with van der Waals surface area (Å²) in [6.45, 7) is 4.64. The first-order valence-corrected chi connectivity index (χ1v) is 4.33. The number of hydrogen-bond acceptors (Lipinski definition) is 3. The molecular formula is C8H14N4. The molecule has 66 valence electrons. The van der Waals surface area contributed by atoms with Crippen molar-refractivity contribution in [3.8, 4) is 0 Å². The van der Waals surface area contributed by atoms with Gasteiger partial charge >= 0.3 is 0 Å². The van der Waals surface area contributed by atoms with Crippen molar-refractivity contribution in [1.82, 2.24) is 9.78 Å². The zero-order valence-corrected chi connectivity index (χ0v) is 7.30. The van der Waals surface area contributed by atoms with Gasteiger partial charge in [-0.2, -0.15) is 5.10 Å². The average Bonchev–Trinajstić information content (AvgIpc) is 2.40. The third-order valence-electron chi connectivity index (χ3n) is 2.29. The van der Waals surface area contributed by atoms with E-state index in [1.807, 2.05) is 11.6 Å². The number of anilines is 1. The number of hydrogen-bond donors (Lipinski definition) is 2. The zero-order chi connectivity index (χ0) is 8.55. The summed E-state index contributed by atoms with van der Waals surface area (Å²) in [4.78, 5) is 0. The Morgan fingerprint density at radius 3 is 3.25 bits per heavy atom. The van der Waals surface area contributed by atoms with Crippen LogP contribution in [-0.2, 0) is 13.1 Å². The van der Waals surface area contributed by atoms with Crippen molar-refractivity contribution >= 4 is 5.82 Å². The molecule has 0 spiro atoms. The molecule has 1 aliphatic rings. The number of aryl methyl sites for hydroxylation is 2. The van der Waals surface area contributed by atoms with Crippen LogP contribution in [0.15, 0.2) is 0 Å². The summed E-state index contributed by atoms with van der Waals surface area (Å²) in [5, 5.41) is 7.72. The van der Waals surface area contributed by atoms with Crippen molar-refractivity contribution in [3.05, 3.63) is 11.3 Å². The number of nitrogens with zero attached hydrogens (tertiary/aromatic N) is 2. The molecule has 0 bridgehead atoms. The van der Waals surface area contributed by atoms with Crippen LogP contribution in [0, 0.1) is 6.92 Å². The molecule has 3 N–H and O–H groups in total. The number of nitrogens with two attached hydrogens (primary N) is 1. The van der Waals surface area contributed by atoms with Crippen LogP contribution in [-0.4, -0.2) is 16.3 Å². The Balaban J connectivity index is 2.46. The van der Waals surface area contributed by atoms with Crippen LogP contribution in [0.5, 0.6) is 0 Å². The molecule has 2 rings (SSSR count). The quantitative estimate of drug-likeness (QED) is 0.637. The molecule has 0 saturated carbocycles. The van der Waals surface area contributed by atoms with Gasteiger partial charge in [0.15, 0.2) is 0 Å². The molecule has 1 aromatic rings. The van der Waals surface area contributed by atoms with Crippen molar-refractivity contribution in [2.75, 3.05) is 11.9 Å². The van der Waals surface area contributed by atoms with Gasteiger partial charge in [-0.1, -0.05) is 0 Å². The summed E-state index contributed by atoms with van der Waals surface area (Å²) in [5.41, 5.74) is 7.84. The molecule has 2 heterocycles. The minimum absolute atomic E-state index is 0.578. The smallest absolute Gasteiger partial charge is 0.129 e. The van der Waals surface area contributed by atoms with E-state index in [0.717, 1.165) is 36.6 Å². The molecule has 0 aliphatic carbocycles. The Bertz CT molecular complexity index is 289. The van der Waals surface area contributed by atoms with Crippen LogP contribution in [0.4, 0.5) is 5.82 Å². The Kier molecular flexibility index (Phi) is 1.77. The lowest BCUT2D eigenvalue weighted by Crippen LogP contribution is -2.18. The molecule has 0 radical (unpaired) electrons. The van der Waals surface area contributed by atoms with Gasteiger partial charge in [-0.05, 0) is 13.3 Å². The highest BCUT2D eigenvalue weighted by Crippen LogP contribution is 2.21. The van der Waals surface area contributed by atoms with Crippen molar-refractivity contribution in [3.63, 3.8) is 0 Å². The summed E-state index contributed by atoms with van der Waals surface area (Å²) in [6.07, 6.45) is 1.15. The monoisotopic (exact) mass is 166 g/mol.